The van der Waals surface area contributed by atoms with Crippen LogP contribution in [0.15, 0.2) is 37.0 Å². The largest absolute Gasteiger partial charge is 0.320 e. The van der Waals surface area contributed by atoms with Gasteiger partial charge >= 0.3 is 0 Å². The van der Waals surface area contributed by atoms with E-state index in [1.54, 1.807) is 5.57 Å². The minimum atomic E-state index is 0.499. The SMILES string of the molecule is C=C.C=C1C=C2CC34CCC(CCCNC)C3(C)CCC4C2(C)CC1.CC. The summed E-state index contributed by atoms with van der Waals surface area (Å²) in [6.07, 6.45) is 15.3. The van der Waals surface area contributed by atoms with E-state index in [-0.39, 0.29) is 0 Å². The highest BCUT2D eigenvalue weighted by Gasteiger charge is 2.70. The van der Waals surface area contributed by atoms with Crippen molar-refractivity contribution in [2.24, 2.45) is 28.1 Å². The fourth-order valence-electron chi connectivity index (χ4n) is 7.57. The van der Waals surface area contributed by atoms with E-state index in [4.69, 9.17) is 0 Å². The number of fused-ring (bicyclic) bond motifs is 2. The standard InChI is InChI=1S/C22H35N.C2H6.C2H4/c1-16-7-10-20(2)18(14-16)15-22-12-8-17(6-5-13-23-4)21(22,3)11-9-19(20)22;2*1-2/h14,17,19,23H,1,5-13,15H2,2-4H3;1-2H3;1-2H2. The molecule has 4 aliphatic carbocycles. The zero-order valence-electron chi connectivity index (χ0n) is 18.9. The van der Waals surface area contributed by atoms with Crippen LogP contribution in [0.3, 0.4) is 0 Å². The van der Waals surface area contributed by atoms with E-state index >= 15 is 0 Å². The first kappa shape index (κ1) is 22.5. The molecule has 0 aromatic rings. The lowest BCUT2D eigenvalue weighted by Crippen LogP contribution is -2.38. The molecule has 27 heavy (non-hydrogen) atoms. The topological polar surface area (TPSA) is 12.0 Å². The molecule has 1 N–H and O–H groups in total. The molecule has 0 radical (unpaired) electrons. The van der Waals surface area contributed by atoms with Crippen molar-refractivity contribution < 1.29 is 0 Å². The predicted octanol–water partition coefficient (Wildman–Crippen LogP) is 7.31. The molecule has 0 amide bonds. The average molecular weight is 372 g/mol. The Morgan fingerprint density at radius 1 is 1.11 bits per heavy atom. The highest BCUT2D eigenvalue weighted by atomic mass is 14.8. The van der Waals surface area contributed by atoms with Crippen molar-refractivity contribution >= 4 is 0 Å². The molecule has 5 atom stereocenters. The van der Waals surface area contributed by atoms with Crippen molar-refractivity contribution in [2.75, 3.05) is 13.6 Å². The second-order valence-electron chi connectivity index (χ2n) is 9.57. The minimum absolute atomic E-state index is 0.499. The van der Waals surface area contributed by atoms with Crippen LogP contribution in [0.1, 0.15) is 85.5 Å². The Morgan fingerprint density at radius 3 is 2.48 bits per heavy atom. The lowest BCUT2D eigenvalue weighted by molar-refractivity contribution is 0.0451. The zero-order chi connectivity index (χ0) is 20.3. The molecule has 0 aromatic carbocycles. The first-order valence-corrected chi connectivity index (χ1v) is 11.5. The normalized spacial score (nSPS) is 41.4. The van der Waals surface area contributed by atoms with Crippen LogP contribution >= 0.6 is 0 Å². The van der Waals surface area contributed by atoms with Gasteiger partial charge in [-0.3, -0.25) is 0 Å². The maximum atomic E-state index is 4.28. The van der Waals surface area contributed by atoms with Gasteiger partial charge in [0.15, 0.2) is 0 Å². The molecule has 154 valence electrons. The Labute approximate surface area is 169 Å². The molecule has 0 saturated heterocycles. The predicted molar refractivity (Wildman–Crippen MR) is 121 cm³/mol. The van der Waals surface area contributed by atoms with Gasteiger partial charge in [0, 0.05) is 0 Å². The van der Waals surface area contributed by atoms with Gasteiger partial charge in [0.05, 0.1) is 0 Å². The summed E-state index contributed by atoms with van der Waals surface area (Å²) in [6.45, 7) is 20.8. The number of allylic oxidation sites excluding steroid dienone is 3. The monoisotopic (exact) mass is 371 g/mol. The molecule has 5 unspecified atom stereocenters. The van der Waals surface area contributed by atoms with Gasteiger partial charge in [-0.2, -0.15) is 0 Å². The van der Waals surface area contributed by atoms with Crippen LogP contribution < -0.4 is 5.32 Å². The molecule has 0 aliphatic heterocycles. The quantitative estimate of drug-likeness (QED) is 0.403. The second kappa shape index (κ2) is 8.68. The van der Waals surface area contributed by atoms with Crippen LogP contribution in [-0.2, 0) is 0 Å². The third-order valence-electron chi connectivity index (χ3n) is 8.93. The summed E-state index contributed by atoms with van der Waals surface area (Å²) >= 11 is 0. The van der Waals surface area contributed by atoms with Gasteiger partial charge in [0.1, 0.15) is 0 Å². The van der Waals surface area contributed by atoms with Gasteiger partial charge < -0.3 is 5.32 Å². The van der Waals surface area contributed by atoms with Crippen LogP contribution in [0, 0.1) is 28.1 Å². The van der Waals surface area contributed by atoms with Crippen molar-refractivity contribution in [1.82, 2.24) is 5.32 Å². The molecule has 3 saturated carbocycles. The van der Waals surface area contributed by atoms with E-state index in [1.807, 2.05) is 13.8 Å². The molecule has 1 spiro atoms. The molecular formula is C26H45N. The van der Waals surface area contributed by atoms with E-state index in [0.29, 0.717) is 16.2 Å². The maximum Gasteiger partial charge on any atom is -0.00518 e. The Hall–Kier alpha value is -0.820. The second-order valence-corrected chi connectivity index (χ2v) is 9.57. The first-order chi connectivity index (χ1) is 13.0. The van der Waals surface area contributed by atoms with Crippen LogP contribution in [0.4, 0.5) is 0 Å². The summed E-state index contributed by atoms with van der Waals surface area (Å²) in [7, 11) is 2.09. The summed E-state index contributed by atoms with van der Waals surface area (Å²) in [5.74, 6) is 1.92. The lowest BCUT2D eigenvalue weighted by atomic mass is 9.61. The number of hydrogen-bond donors (Lipinski definition) is 1. The summed E-state index contributed by atoms with van der Waals surface area (Å²) in [4.78, 5) is 0. The van der Waals surface area contributed by atoms with E-state index in [2.05, 4.69) is 52.0 Å². The highest BCUT2D eigenvalue weighted by molar-refractivity contribution is 5.39. The smallest absolute Gasteiger partial charge is 0.00518 e. The molecule has 1 nitrogen and oxygen atoms in total. The van der Waals surface area contributed by atoms with Gasteiger partial charge in [0.25, 0.3) is 0 Å². The van der Waals surface area contributed by atoms with Crippen LogP contribution in [-0.4, -0.2) is 13.6 Å². The van der Waals surface area contributed by atoms with Crippen LogP contribution in [0.5, 0.6) is 0 Å². The van der Waals surface area contributed by atoms with Crippen molar-refractivity contribution in [2.45, 2.75) is 85.5 Å². The highest BCUT2D eigenvalue weighted by Crippen LogP contribution is 2.79. The lowest BCUT2D eigenvalue weighted by Gasteiger charge is -2.43. The van der Waals surface area contributed by atoms with Crippen molar-refractivity contribution in [3.8, 4) is 0 Å². The van der Waals surface area contributed by atoms with Crippen molar-refractivity contribution in [1.29, 1.82) is 0 Å². The van der Waals surface area contributed by atoms with E-state index in [0.717, 1.165) is 11.8 Å². The van der Waals surface area contributed by atoms with E-state index in [9.17, 15) is 0 Å². The summed E-state index contributed by atoms with van der Waals surface area (Å²) < 4.78 is 0. The van der Waals surface area contributed by atoms with Crippen molar-refractivity contribution in [3.05, 3.63) is 37.0 Å². The van der Waals surface area contributed by atoms with E-state index < -0.39 is 0 Å². The molecule has 0 heterocycles. The van der Waals surface area contributed by atoms with Gasteiger partial charge in [-0.15, -0.1) is 13.2 Å². The Bertz CT molecular complexity index is 561. The third-order valence-corrected chi connectivity index (χ3v) is 8.93. The minimum Gasteiger partial charge on any atom is -0.320 e. The molecule has 3 fully saturated rings. The molecule has 4 aliphatic rings. The van der Waals surface area contributed by atoms with E-state index in [1.165, 1.54) is 69.9 Å². The fourth-order valence-corrected chi connectivity index (χ4v) is 7.57. The van der Waals surface area contributed by atoms with Gasteiger partial charge in [-0.1, -0.05) is 51.5 Å². The van der Waals surface area contributed by atoms with Gasteiger partial charge in [0.2, 0.25) is 0 Å². The fraction of sp³-hybridized carbons (Fsp3) is 0.769. The van der Waals surface area contributed by atoms with Gasteiger partial charge in [-0.05, 0) is 99.5 Å². The molecule has 0 aromatic heterocycles. The third kappa shape index (κ3) is 3.28. The Kier molecular flexibility index (Phi) is 7.22. The molecule has 4 rings (SSSR count). The number of nitrogens with one attached hydrogen (secondary N) is 1. The van der Waals surface area contributed by atoms with Crippen LogP contribution in [0.2, 0.25) is 0 Å². The summed E-state index contributed by atoms with van der Waals surface area (Å²) in [6, 6.07) is 0. The number of rotatable bonds is 4. The Morgan fingerprint density at radius 2 is 1.81 bits per heavy atom. The Balaban J connectivity index is 0.000000614. The maximum absolute atomic E-state index is 4.28. The van der Waals surface area contributed by atoms with Gasteiger partial charge in [-0.25, -0.2) is 0 Å². The first-order valence-electron chi connectivity index (χ1n) is 11.5. The summed E-state index contributed by atoms with van der Waals surface area (Å²) in [5, 5.41) is 3.34. The average Bonchev–Trinajstić information content (AvgIpc) is 3.21. The van der Waals surface area contributed by atoms with Crippen LogP contribution in [0.25, 0.3) is 0 Å². The number of hydrogen-bond acceptors (Lipinski definition) is 1. The summed E-state index contributed by atoms with van der Waals surface area (Å²) in [5.41, 5.74) is 4.90. The molecule has 1 heteroatoms. The zero-order valence-corrected chi connectivity index (χ0v) is 18.9. The van der Waals surface area contributed by atoms with Crippen molar-refractivity contribution in [3.63, 3.8) is 0 Å². The molecule has 0 bridgehead atoms. The molecular weight excluding hydrogens is 326 g/mol.